The average Bonchev–Trinajstić information content (AvgIpc) is 2.82. The minimum atomic E-state index is -0.633. The second-order valence-corrected chi connectivity index (χ2v) is 10.1. The van der Waals surface area contributed by atoms with Crippen molar-refractivity contribution in [2.75, 3.05) is 5.75 Å². The zero-order valence-electron chi connectivity index (χ0n) is 19.8. The van der Waals surface area contributed by atoms with Crippen LogP contribution >= 0.6 is 23.4 Å². The minimum absolute atomic E-state index is 0.0276. The van der Waals surface area contributed by atoms with Crippen LogP contribution in [0.25, 0.3) is 0 Å². The molecular weight excluding hydrogens is 464 g/mol. The summed E-state index contributed by atoms with van der Waals surface area (Å²) in [5.41, 5.74) is 3.10. The molecule has 1 N–H and O–H groups in total. The molecule has 0 aliphatic carbocycles. The molecule has 0 aliphatic heterocycles. The smallest absolute Gasteiger partial charge is 0.243 e. The summed E-state index contributed by atoms with van der Waals surface area (Å²) >= 11 is 7.55. The van der Waals surface area contributed by atoms with Gasteiger partial charge in [0.25, 0.3) is 0 Å². The van der Waals surface area contributed by atoms with E-state index in [0.29, 0.717) is 18.0 Å². The van der Waals surface area contributed by atoms with E-state index in [1.807, 2.05) is 87.5 Å². The molecule has 0 saturated carbocycles. The van der Waals surface area contributed by atoms with Gasteiger partial charge < -0.3 is 10.2 Å². The number of hydrogen-bond donors (Lipinski definition) is 1. The summed E-state index contributed by atoms with van der Waals surface area (Å²) in [4.78, 5) is 29.6. The number of halogens is 1. The van der Waals surface area contributed by atoms with Gasteiger partial charge >= 0.3 is 0 Å². The molecule has 0 aliphatic rings. The molecule has 0 unspecified atom stereocenters. The van der Waals surface area contributed by atoms with Crippen LogP contribution < -0.4 is 5.32 Å². The van der Waals surface area contributed by atoms with Crippen LogP contribution in [0.3, 0.4) is 0 Å². The Labute approximate surface area is 211 Å². The lowest BCUT2D eigenvalue weighted by Crippen LogP contribution is -2.52. The molecule has 0 bridgehead atoms. The zero-order valence-corrected chi connectivity index (χ0v) is 21.4. The third-order valence-corrected chi connectivity index (χ3v) is 6.60. The van der Waals surface area contributed by atoms with Gasteiger partial charge in [0.15, 0.2) is 0 Å². The maximum Gasteiger partial charge on any atom is 0.243 e. The summed E-state index contributed by atoms with van der Waals surface area (Å²) in [7, 11) is 0. The van der Waals surface area contributed by atoms with E-state index < -0.39 is 6.04 Å². The molecular formula is C28H31ClN2O2S. The molecule has 178 valence electrons. The average molecular weight is 495 g/mol. The molecule has 0 fully saturated rings. The van der Waals surface area contributed by atoms with E-state index >= 15 is 0 Å². The van der Waals surface area contributed by atoms with Crippen molar-refractivity contribution in [3.8, 4) is 0 Å². The number of carbonyl (C=O) groups excluding carboxylic acids is 2. The van der Waals surface area contributed by atoms with Crippen molar-refractivity contribution in [2.24, 2.45) is 0 Å². The van der Waals surface area contributed by atoms with Crippen molar-refractivity contribution < 1.29 is 9.59 Å². The largest absolute Gasteiger partial charge is 0.352 e. The first-order chi connectivity index (χ1) is 16.3. The Hall–Kier alpha value is -2.76. The number of aryl methyl sites for hydroxylation is 1. The Bertz CT molecular complexity index is 1070. The van der Waals surface area contributed by atoms with Crippen molar-refractivity contribution in [3.63, 3.8) is 0 Å². The van der Waals surface area contributed by atoms with Crippen LogP contribution in [0, 0.1) is 6.92 Å². The Morgan fingerprint density at radius 1 is 0.912 bits per heavy atom. The molecule has 3 aromatic rings. The Morgan fingerprint density at radius 3 is 2.18 bits per heavy atom. The van der Waals surface area contributed by atoms with Gasteiger partial charge in [0, 0.05) is 28.9 Å². The molecule has 4 nitrogen and oxygen atoms in total. The van der Waals surface area contributed by atoms with Gasteiger partial charge in [0.1, 0.15) is 6.04 Å². The number of thioether (sulfide) groups is 1. The van der Waals surface area contributed by atoms with E-state index in [2.05, 4.69) is 5.32 Å². The van der Waals surface area contributed by atoms with Crippen molar-refractivity contribution >= 4 is 35.2 Å². The summed E-state index contributed by atoms with van der Waals surface area (Å²) in [6, 6.07) is 24.7. The fourth-order valence-corrected chi connectivity index (χ4v) is 4.49. The predicted molar refractivity (Wildman–Crippen MR) is 141 cm³/mol. The highest BCUT2D eigenvalue weighted by atomic mass is 35.5. The van der Waals surface area contributed by atoms with Gasteiger partial charge in [0.05, 0.1) is 5.75 Å². The van der Waals surface area contributed by atoms with Gasteiger partial charge in [-0.3, -0.25) is 9.59 Å². The zero-order chi connectivity index (χ0) is 24.5. The molecule has 6 heteroatoms. The molecule has 0 heterocycles. The lowest BCUT2D eigenvalue weighted by Gasteiger charge is -2.32. The second-order valence-electron chi connectivity index (χ2n) is 8.62. The third-order valence-electron chi connectivity index (χ3n) is 5.35. The normalized spacial score (nSPS) is 11.8. The molecule has 0 radical (unpaired) electrons. The van der Waals surface area contributed by atoms with E-state index in [1.165, 1.54) is 17.3 Å². The van der Waals surface area contributed by atoms with Crippen LogP contribution in [0.1, 0.15) is 30.5 Å². The van der Waals surface area contributed by atoms with E-state index in [1.54, 1.807) is 17.0 Å². The number of nitrogens with zero attached hydrogens (tertiary/aromatic N) is 1. The first-order valence-corrected chi connectivity index (χ1v) is 12.8. The fourth-order valence-electron chi connectivity index (χ4n) is 3.58. The molecule has 1 atom stereocenters. The van der Waals surface area contributed by atoms with Crippen LogP contribution in [0.4, 0.5) is 0 Å². The highest BCUT2D eigenvalue weighted by molar-refractivity contribution is 8.00. The van der Waals surface area contributed by atoms with Crippen molar-refractivity contribution in [2.45, 2.75) is 50.7 Å². The predicted octanol–water partition coefficient (Wildman–Crippen LogP) is 5.91. The highest BCUT2D eigenvalue weighted by Crippen LogP contribution is 2.22. The van der Waals surface area contributed by atoms with Crippen molar-refractivity contribution in [1.82, 2.24) is 10.2 Å². The second kappa shape index (κ2) is 12.6. The number of nitrogens with one attached hydrogen (secondary N) is 1. The molecule has 0 aromatic heterocycles. The summed E-state index contributed by atoms with van der Waals surface area (Å²) in [5.74, 6) is 0.0125. The molecule has 3 aromatic carbocycles. The van der Waals surface area contributed by atoms with Gasteiger partial charge in [-0.15, -0.1) is 11.8 Å². The van der Waals surface area contributed by atoms with E-state index in [4.69, 9.17) is 11.6 Å². The van der Waals surface area contributed by atoms with Gasteiger partial charge in [-0.25, -0.2) is 0 Å². The molecule has 0 spiro atoms. The van der Waals surface area contributed by atoms with Crippen molar-refractivity contribution in [1.29, 1.82) is 0 Å². The SMILES string of the molecule is Cc1ccc(SCC(=O)N(Cc2ccc(Cl)cc2)[C@@H](Cc2ccccc2)C(=O)NC(C)C)cc1. The number of carbonyl (C=O) groups is 2. The maximum atomic E-state index is 13.6. The van der Waals surface area contributed by atoms with Gasteiger partial charge in [0.2, 0.25) is 11.8 Å². The Morgan fingerprint density at radius 2 is 1.56 bits per heavy atom. The summed E-state index contributed by atoms with van der Waals surface area (Å²) in [5, 5.41) is 3.65. The first-order valence-electron chi connectivity index (χ1n) is 11.4. The minimum Gasteiger partial charge on any atom is -0.352 e. The summed E-state index contributed by atoms with van der Waals surface area (Å²) in [6.07, 6.45) is 0.438. The quantitative estimate of drug-likeness (QED) is 0.357. The van der Waals surface area contributed by atoms with Crippen LogP contribution in [0.2, 0.25) is 5.02 Å². The molecule has 0 saturated heterocycles. The van der Waals surface area contributed by atoms with E-state index in [9.17, 15) is 9.59 Å². The van der Waals surface area contributed by atoms with Crippen LogP contribution in [0.5, 0.6) is 0 Å². The van der Waals surface area contributed by atoms with Gasteiger partial charge in [-0.2, -0.15) is 0 Å². The van der Waals surface area contributed by atoms with E-state index in [-0.39, 0.29) is 23.6 Å². The number of amides is 2. The van der Waals surface area contributed by atoms with E-state index in [0.717, 1.165) is 16.0 Å². The number of benzene rings is 3. The van der Waals surface area contributed by atoms with Crippen LogP contribution in [-0.4, -0.2) is 34.6 Å². The monoisotopic (exact) mass is 494 g/mol. The Balaban J connectivity index is 1.89. The lowest BCUT2D eigenvalue weighted by atomic mass is 10.0. The molecule has 34 heavy (non-hydrogen) atoms. The van der Waals surface area contributed by atoms with Crippen LogP contribution in [0.15, 0.2) is 83.8 Å². The van der Waals surface area contributed by atoms with Crippen molar-refractivity contribution in [3.05, 3.63) is 101 Å². The summed E-state index contributed by atoms with van der Waals surface area (Å²) < 4.78 is 0. The van der Waals surface area contributed by atoms with Crippen LogP contribution in [-0.2, 0) is 22.6 Å². The topological polar surface area (TPSA) is 49.4 Å². The maximum absolute atomic E-state index is 13.6. The highest BCUT2D eigenvalue weighted by Gasteiger charge is 2.30. The Kier molecular flexibility index (Phi) is 9.61. The fraction of sp³-hybridized carbons (Fsp3) is 0.286. The lowest BCUT2D eigenvalue weighted by molar-refractivity contribution is -0.139. The molecule has 2 amide bonds. The van der Waals surface area contributed by atoms with Gasteiger partial charge in [-0.1, -0.05) is 71.8 Å². The van der Waals surface area contributed by atoms with Gasteiger partial charge in [-0.05, 0) is 56.2 Å². The first kappa shape index (κ1) is 25.9. The molecule has 3 rings (SSSR count). The number of rotatable bonds is 10. The number of hydrogen-bond acceptors (Lipinski definition) is 3. The standard InChI is InChI=1S/C28H31ClN2O2S/c1-20(2)30-28(33)26(17-22-7-5-4-6-8-22)31(18-23-11-13-24(29)14-12-23)27(32)19-34-25-15-9-21(3)10-16-25/h4-16,20,26H,17-19H2,1-3H3,(H,30,33)/t26-/m0/s1. The third kappa shape index (κ3) is 7.93. The summed E-state index contributed by atoms with van der Waals surface area (Å²) in [6.45, 7) is 6.22.